The van der Waals surface area contributed by atoms with Gasteiger partial charge in [0, 0.05) is 0 Å². The first-order valence-corrected chi connectivity index (χ1v) is 14.1. The average molecular weight is 551 g/mol. The molecule has 0 bridgehead atoms. The fourth-order valence-electron chi connectivity index (χ4n) is 2.89. The topological polar surface area (TPSA) is 135 Å². The monoisotopic (exact) mass is 550 g/mol. The number of alkyl halides is 2. The summed E-state index contributed by atoms with van der Waals surface area (Å²) in [6.45, 7) is 8.84. The van der Waals surface area contributed by atoms with Crippen molar-refractivity contribution in [3.8, 4) is 0 Å². The fraction of sp³-hybridized carbons (Fsp3) is 0.458. The van der Waals surface area contributed by atoms with Crippen molar-refractivity contribution in [2.75, 3.05) is 0 Å². The van der Waals surface area contributed by atoms with Gasteiger partial charge in [-0.15, -0.1) is 0 Å². The Bertz CT molecular complexity index is 1210. The van der Waals surface area contributed by atoms with Gasteiger partial charge >= 0.3 is 21.3 Å². The molecule has 3 atom stereocenters. The molecule has 0 spiro atoms. The minimum absolute atomic E-state index is 0.0186. The molecule has 0 aliphatic carbocycles. The largest absolute Gasteiger partial charge is 0.451 e. The van der Waals surface area contributed by atoms with Crippen LogP contribution >= 0.6 is 0 Å². The second-order valence-electron chi connectivity index (χ2n) is 8.37. The number of benzene rings is 2. The van der Waals surface area contributed by atoms with Gasteiger partial charge in [0.1, 0.15) is 0 Å². The molecule has 2 aromatic carbocycles. The number of halogens is 2. The number of esters is 1. The Labute approximate surface area is 211 Å². The Balaban J connectivity index is 0.000000397. The lowest BCUT2D eigenvalue weighted by Gasteiger charge is -2.20. The zero-order chi connectivity index (χ0) is 27.9. The third kappa shape index (κ3) is 8.61. The molecule has 2 rings (SSSR count). The molecule has 36 heavy (non-hydrogen) atoms. The standard InChI is InChI=1S/C14H18F2O5S.C10H14O3S/c1-4-9(2)11-5-7-12(8-6-11)13(17)21-10(3)14(15,16)22(18,19)20;1-3-8(2)9-4-6-10(7-5-9)14(11,12)13/h5-10H,4H2,1-3H3,(H,18,19,20);4-8H,3H2,1-2H3,(H,11,12,13). The van der Waals surface area contributed by atoms with E-state index < -0.39 is 37.6 Å². The van der Waals surface area contributed by atoms with Gasteiger partial charge in [-0.2, -0.15) is 25.6 Å². The van der Waals surface area contributed by atoms with E-state index in [0.29, 0.717) is 12.8 Å². The summed E-state index contributed by atoms with van der Waals surface area (Å²) in [4.78, 5) is 11.7. The average Bonchev–Trinajstić information content (AvgIpc) is 2.82. The molecule has 0 radical (unpaired) electrons. The molecular weight excluding hydrogens is 518 g/mol. The number of rotatable bonds is 9. The highest BCUT2D eigenvalue weighted by atomic mass is 32.2. The molecule has 0 aromatic heterocycles. The van der Waals surface area contributed by atoms with Crippen molar-refractivity contribution in [1.29, 1.82) is 0 Å². The van der Waals surface area contributed by atoms with Crippen molar-refractivity contribution in [3.63, 3.8) is 0 Å². The van der Waals surface area contributed by atoms with E-state index in [1.165, 1.54) is 24.3 Å². The molecule has 0 saturated heterocycles. The Morgan fingerprint density at radius 2 is 1.22 bits per heavy atom. The van der Waals surface area contributed by atoms with Crippen LogP contribution in [0.3, 0.4) is 0 Å². The van der Waals surface area contributed by atoms with Crippen LogP contribution in [0, 0.1) is 0 Å². The van der Waals surface area contributed by atoms with Crippen LogP contribution in [0.25, 0.3) is 0 Å². The summed E-state index contributed by atoms with van der Waals surface area (Å²) < 4.78 is 90.9. The summed E-state index contributed by atoms with van der Waals surface area (Å²) >= 11 is 0. The molecule has 12 heteroatoms. The Kier molecular flexibility index (Phi) is 11.2. The van der Waals surface area contributed by atoms with Crippen LogP contribution in [0.15, 0.2) is 53.4 Å². The van der Waals surface area contributed by atoms with Crippen LogP contribution in [0.5, 0.6) is 0 Å². The van der Waals surface area contributed by atoms with Crippen molar-refractivity contribution >= 4 is 26.2 Å². The van der Waals surface area contributed by atoms with E-state index in [0.717, 1.165) is 24.0 Å². The minimum Gasteiger partial charge on any atom is -0.451 e. The number of hydrogen-bond donors (Lipinski definition) is 2. The first kappa shape index (κ1) is 31.6. The molecule has 0 aliphatic rings. The molecule has 202 valence electrons. The second-order valence-corrected chi connectivity index (χ2v) is 11.3. The van der Waals surface area contributed by atoms with Crippen LogP contribution in [0.1, 0.15) is 80.8 Å². The number of carbonyl (C=O) groups is 1. The summed E-state index contributed by atoms with van der Waals surface area (Å²) in [5, 5.41) is -4.57. The van der Waals surface area contributed by atoms with Crippen molar-refractivity contribution in [2.24, 2.45) is 0 Å². The van der Waals surface area contributed by atoms with Crippen LogP contribution < -0.4 is 0 Å². The van der Waals surface area contributed by atoms with Crippen molar-refractivity contribution in [2.45, 2.75) is 75.6 Å². The second kappa shape index (κ2) is 12.7. The van der Waals surface area contributed by atoms with Crippen LogP contribution in [-0.2, 0) is 25.0 Å². The van der Waals surface area contributed by atoms with Crippen LogP contribution in [0.4, 0.5) is 8.78 Å². The van der Waals surface area contributed by atoms with Gasteiger partial charge in [-0.1, -0.05) is 52.0 Å². The highest BCUT2D eigenvalue weighted by Crippen LogP contribution is 2.28. The summed E-state index contributed by atoms with van der Waals surface area (Å²) in [6, 6.07) is 12.5. The maximum atomic E-state index is 13.3. The maximum absolute atomic E-state index is 13.3. The smallest absolute Gasteiger partial charge is 0.405 e. The van der Waals surface area contributed by atoms with Gasteiger partial charge in [0.05, 0.1) is 10.5 Å². The van der Waals surface area contributed by atoms with Crippen LogP contribution in [0.2, 0.25) is 0 Å². The zero-order valence-corrected chi connectivity index (χ0v) is 22.3. The molecule has 0 fully saturated rings. The molecule has 2 aromatic rings. The minimum atomic E-state index is -5.66. The SMILES string of the molecule is CCC(C)c1ccc(C(=O)OC(C)C(F)(F)S(=O)(=O)O)cc1.CCC(C)c1ccc(S(=O)(=O)O)cc1. The van der Waals surface area contributed by atoms with E-state index in [-0.39, 0.29) is 16.4 Å². The highest BCUT2D eigenvalue weighted by Gasteiger charge is 2.52. The fourth-order valence-corrected chi connectivity index (χ4v) is 3.84. The highest BCUT2D eigenvalue weighted by molar-refractivity contribution is 7.87. The Morgan fingerprint density at radius 3 is 1.56 bits per heavy atom. The summed E-state index contributed by atoms with van der Waals surface area (Å²) in [5.74, 6) is -0.398. The van der Waals surface area contributed by atoms with Gasteiger partial charge in [-0.25, -0.2) is 4.79 Å². The molecule has 0 saturated carbocycles. The third-order valence-corrected chi connectivity index (χ3v) is 7.68. The van der Waals surface area contributed by atoms with E-state index in [1.807, 2.05) is 13.8 Å². The van der Waals surface area contributed by atoms with Crippen molar-refractivity contribution in [1.82, 2.24) is 0 Å². The molecule has 3 unspecified atom stereocenters. The first-order chi connectivity index (χ1) is 16.4. The quantitative estimate of drug-likeness (QED) is 0.301. The molecule has 0 amide bonds. The number of hydrogen-bond acceptors (Lipinski definition) is 6. The Hall–Kier alpha value is -2.41. The van der Waals surface area contributed by atoms with E-state index in [1.54, 1.807) is 24.3 Å². The molecule has 0 heterocycles. The maximum Gasteiger partial charge on any atom is 0.405 e. The number of carbonyl (C=O) groups excluding carboxylic acids is 1. The zero-order valence-electron chi connectivity index (χ0n) is 20.7. The Morgan fingerprint density at radius 1 is 0.833 bits per heavy atom. The molecule has 8 nitrogen and oxygen atoms in total. The van der Waals surface area contributed by atoms with E-state index >= 15 is 0 Å². The lowest BCUT2D eigenvalue weighted by atomic mass is 9.98. The number of ether oxygens (including phenoxy) is 1. The predicted molar refractivity (Wildman–Crippen MR) is 131 cm³/mol. The summed E-state index contributed by atoms with van der Waals surface area (Å²) in [6.07, 6.45) is -0.406. The molecule has 2 N–H and O–H groups in total. The summed E-state index contributed by atoms with van der Waals surface area (Å²) in [7, 11) is -9.71. The summed E-state index contributed by atoms with van der Waals surface area (Å²) in [5.41, 5.74) is 2.08. The lowest BCUT2D eigenvalue weighted by Crippen LogP contribution is -2.42. The lowest BCUT2D eigenvalue weighted by molar-refractivity contribution is -0.0549. The predicted octanol–water partition coefficient (Wildman–Crippen LogP) is 5.67. The van der Waals surface area contributed by atoms with E-state index in [9.17, 15) is 30.4 Å². The van der Waals surface area contributed by atoms with Gasteiger partial charge in [0.2, 0.25) is 0 Å². The first-order valence-electron chi connectivity index (χ1n) is 11.2. The van der Waals surface area contributed by atoms with Gasteiger partial charge in [-0.3, -0.25) is 9.11 Å². The van der Waals surface area contributed by atoms with E-state index in [2.05, 4.69) is 18.6 Å². The van der Waals surface area contributed by atoms with Crippen molar-refractivity contribution in [3.05, 3.63) is 65.2 Å². The van der Waals surface area contributed by atoms with Crippen molar-refractivity contribution < 1.29 is 44.3 Å². The molecular formula is C24H32F2O8S2. The van der Waals surface area contributed by atoms with Gasteiger partial charge in [-0.05, 0) is 67.0 Å². The van der Waals surface area contributed by atoms with Gasteiger partial charge in [0.25, 0.3) is 10.1 Å². The normalized spacial score (nSPS) is 14.7. The third-order valence-electron chi connectivity index (χ3n) is 5.79. The van der Waals surface area contributed by atoms with Gasteiger partial charge in [0.15, 0.2) is 6.10 Å². The van der Waals surface area contributed by atoms with Gasteiger partial charge < -0.3 is 4.74 Å². The van der Waals surface area contributed by atoms with E-state index in [4.69, 9.17) is 9.11 Å². The van der Waals surface area contributed by atoms with Crippen LogP contribution in [-0.4, -0.2) is 43.3 Å². The molecule has 0 aliphatic heterocycles.